The maximum absolute atomic E-state index is 3.25. The molecule has 0 fully saturated rings. The summed E-state index contributed by atoms with van der Waals surface area (Å²) in [5.41, 5.74) is 0. The van der Waals surface area contributed by atoms with Crippen LogP contribution >= 0.6 is 12.4 Å². The summed E-state index contributed by atoms with van der Waals surface area (Å²) in [5.74, 6) is 0. The smallest absolute Gasteiger partial charge is 0 e. The molecule has 0 aliphatic rings. The Morgan fingerprint density at radius 1 is 1.00 bits per heavy atom. The van der Waals surface area contributed by atoms with E-state index >= 15 is 0 Å². The van der Waals surface area contributed by atoms with Crippen molar-refractivity contribution in [2.24, 2.45) is 0 Å². The van der Waals surface area contributed by atoms with Gasteiger partial charge in [-0.1, -0.05) is 0 Å². The van der Waals surface area contributed by atoms with E-state index in [2.05, 4.69) is 27.0 Å². The zero-order valence-electron chi connectivity index (χ0n) is 4.89. The van der Waals surface area contributed by atoms with Gasteiger partial charge in [0.05, 0.1) is 0 Å². The van der Waals surface area contributed by atoms with E-state index in [1.54, 1.807) is 0 Å². The summed E-state index contributed by atoms with van der Waals surface area (Å²) >= 11 is 0. The van der Waals surface area contributed by atoms with E-state index in [0.717, 1.165) is 0 Å². The van der Waals surface area contributed by atoms with Crippen molar-refractivity contribution in [1.82, 2.24) is 0 Å². The minimum absolute atomic E-state index is 0. The summed E-state index contributed by atoms with van der Waals surface area (Å²) in [4.78, 5) is 0. The molecule has 0 nitrogen and oxygen atoms in total. The quantitative estimate of drug-likeness (QED) is 0.589. The summed E-state index contributed by atoms with van der Waals surface area (Å²) in [6, 6.07) is 0. The van der Waals surface area contributed by atoms with Crippen LogP contribution in [0.25, 0.3) is 0 Å². The summed E-state index contributed by atoms with van der Waals surface area (Å²) in [6.45, 7) is 13.0. The van der Waals surface area contributed by atoms with Crippen LogP contribution in [0.15, 0.2) is 25.3 Å². The maximum atomic E-state index is 3.25. The number of rotatable bonds is 0. The molecule has 0 amide bonds. The van der Waals surface area contributed by atoms with Crippen LogP contribution in [0.4, 0.5) is 0 Å². The second kappa shape index (κ2) is 45.2. The first kappa shape index (κ1) is 23.2. The number of halogens is 1. The van der Waals surface area contributed by atoms with E-state index in [0.29, 0.717) is 0 Å². The van der Waals surface area contributed by atoms with Gasteiger partial charge >= 0.3 is 0 Å². The Balaban J connectivity index is -0.0000000160. The van der Waals surface area contributed by atoms with E-state index in [1.807, 2.05) is 0 Å². The molecule has 0 unspecified atom stereocenters. The molecule has 0 aliphatic carbocycles. The summed E-state index contributed by atoms with van der Waals surface area (Å²) < 4.78 is 0. The first-order valence-electron chi connectivity index (χ1n) is 1.63. The number of hydrogen-bond acceptors (Lipinski definition) is 0. The summed E-state index contributed by atoms with van der Waals surface area (Å²) in [5, 5.41) is 0. The molecule has 0 saturated heterocycles. The van der Waals surface area contributed by atoms with E-state index in [1.165, 1.54) is 12.2 Å². The van der Waals surface area contributed by atoms with Gasteiger partial charge in [-0.25, -0.2) is 39.2 Å². The molecule has 0 atom stereocenters. The molecule has 0 bridgehead atoms. The fourth-order valence-electron chi connectivity index (χ4n) is 0. The van der Waals surface area contributed by atoms with Crippen LogP contribution in [0.5, 0.6) is 0 Å². The van der Waals surface area contributed by atoms with Gasteiger partial charge in [0.15, 0.2) is 0 Å². The zero-order valence-corrected chi connectivity index (χ0v) is 8.92. The Morgan fingerprint density at radius 2 is 1.00 bits per heavy atom. The molecule has 48 valence electrons. The second-order valence-electron chi connectivity index (χ2n) is 0.577. The van der Waals surface area contributed by atoms with Crippen molar-refractivity contribution in [3.05, 3.63) is 39.2 Å². The number of hydrogen-bond donors (Lipinski definition) is 0. The second-order valence-corrected chi connectivity index (χ2v) is 0.577. The summed E-state index contributed by atoms with van der Waals surface area (Å²) in [6.07, 6.45) is 3.00. The third kappa shape index (κ3) is 318. The van der Waals surface area contributed by atoms with Crippen LogP contribution < -0.4 is 0 Å². The van der Waals surface area contributed by atoms with Crippen molar-refractivity contribution in [3.8, 4) is 0 Å². The van der Waals surface area contributed by atoms with Crippen molar-refractivity contribution in [3.63, 3.8) is 0 Å². The first-order valence-corrected chi connectivity index (χ1v) is 1.63. The van der Waals surface area contributed by atoms with E-state index in [9.17, 15) is 0 Å². The minimum Gasteiger partial charge on any atom is -0.245 e. The molecule has 0 radical (unpaired) electrons. The Hall–Kier alpha value is 0.861. The molecule has 0 N–H and O–H groups in total. The minimum atomic E-state index is 0. The molecule has 0 aromatic heterocycles. The molecule has 2 heteroatoms. The topological polar surface area (TPSA) is 0 Å². The third-order valence-electron chi connectivity index (χ3n) is 0. The maximum Gasteiger partial charge on any atom is 0 e. The van der Waals surface area contributed by atoms with Gasteiger partial charge in [-0.3, -0.25) is 0 Å². The largest absolute Gasteiger partial charge is 0.245 e. The molecule has 0 rings (SSSR count). The number of allylic oxidation sites excluding steroid dienone is 2. The molecule has 0 saturated carbocycles. The van der Waals surface area contributed by atoms with Crippen LogP contribution in [0.2, 0.25) is 0 Å². The summed E-state index contributed by atoms with van der Waals surface area (Å²) in [7, 11) is 0. The average Bonchev–Trinajstić information content (AvgIpc) is 1.39. The molecule has 8 heavy (non-hydrogen) atoms. The van der Waals surface area contributed by atoms with Crippen LogP contribution in [0, 0.1) is 54.7 Å². The van der Waals surface area contributed by atoms with E-state index < -0.39 is 0 Å². The van der Waals surface area contributed by atoms with Gasteiger partial charge in [-0.2, -0.15) is 0 Å². The third-order valence-corrected chi connectivity index (χ3v) is 0. The van der Waals surface area contributed by atoms with Crippen LogP contribution in [0.1, 0.15) is 0 Å². The van der Waals surface area contributed by atoms with Gasteiger partial charge in [-0.15, -0.1) is 12.4 Å². The van der Waals surface area contributed by atoms with E-state index in [-0.39, 0.29) is 53.2 Å². The van der Waals surface area contributed by atoms with Gasteiger partial charge in [0.1, 0.15) is 0 Å². The first-order chi connectivity index (χ1) is 2.83. The van der Waals surface area contributed by atoms with Gasteiger partial charge in [0, 0.05) is 40.8 Å². The van der Waals surface area contributed by atoms with Crippen molar-refractivity contribution in [2.45, 2.75) is 0 Å². The standard InChI is InChI=1S/2C3H5.ClH.Nd/c2*1-3-2;;/h2*3H,1-2H2;1H;/q2*-1;;. The fourth-order valence-corrected chi connectivity index (χ4v) is 0. The van der Waals surface area contributed by atoms with Crippen molar-refractivity contribution >= 4 is 12.4 Å². The Morgan fingerprint density at radius 3 is 1.00 bits per heavy atom. The molecule has 0 aliphatic heterocycles. The molecular weight excluding hydrogens is 252 g/mol. The van der Waals surface area contributed by atoms with Gasteiger partial charge < -0.3 is 0 Å². The van der Waals surface area contributed by atoms with Crippen molar-refractivity contribution in [2.75, 3.05) is 0 Å². The van der Waals surface area contributed by atoms with Crippen molar-refractivity contribution in [1.29, 1.82) is 0 Å². The van der Waals surface area contributed by atoms with Gasteiger partial charge in [0.2, 0.25) is 0 Å². The molecule has 0 aromatic rings. The molecule has 0 aromatic carbocycles. The van der Waals surface area contributed by atoms with Gasteiger partial charge in [0.25, 0.3) is 0 Å². The SMILES string of the molecule is C=C[CH2-].C=C[CH2-].Cl.[Nd]. The Labute approximate surface area is 91.4 Å². The van der Waals surface area contributed by atoms with Crippen molar-refractivity contribution < 1.29 is 40.8 Å². The van der Waals surface area contributed by atoms with E-state index in [4.69, 9.17) is 0 Å². The normalized spacial score (nSPS) is 3.00. The van der Waals surface area contributed by atoms with Crippen LogP contribution in [0.3, 0.4) is 0 Å². The monoisotopic (exact) mass is 260 g/mol. The van der Waals surface area contributed by atoms with Crippen LogP contribution in [-0.4, -0.2) is 0 Å². The zero-order chi connectivity index (χ0) is 5.41. The fraction of sp³-hybridized carbons (Fsp3) is 0. The molecule has 0 spiro atoms. The molecular formula is C6H11ClNd-2. The van der Waals surface area contributed by atoms with Crippen LogP contribution in [-0.2, 0) is 0 Å². The predicted molar refractivity (Wildman–Crippen MR) is 38.4 cm³/mol. The Kier molecular flexibility index (Phi) is 131. The molecule has 0 heterocycles. The average molecular weight is 263 g/mol. The van der Waals surface area contributed by atoms with Gasteiger partial charge in [-0.05, 0) is 0 Å². The predicted octanol–water partition coefficient (Wildman–Crippen LogP) is 2.43. The Bertz CT molecular complexity index is 29.5.